The van der Waals surface area contributed by atoms with E-state index < -0.39 is 10.0 Å². The summed E-state index contributed by atoms with van der Waals surface area (Å²) in [4.78, 5) is 27.1. The van der Waals surface area contributed by atoms with Crippen molar-refractivity contribution in [3.63, 3.8) is 0 Å². The van der Waals surface area contributed by atoms with Crippen molar-refractivity contribution in [1.29, 1.82) is 0 Å². The lowest BCUT2D eigenvalue weighted by atomic mass is 9.94. The van der Waals surface area contributed by atoms with Crippen molar-refractivity contribution in [1.82, 2.24) is 9.62 Å². The standard InChI is InChI=1S/C22H33N3O5S/c1-2-30-14-6-13-23-31(28,29)20-11-9-18(10-12-20)24-22(27)17-15-21(26)25(16-17)19-7-4-3-5-8-19/h9-12,17,19,23H,2-8,13-16H2,1H3,(H,24,27)/t17-/m0/s1. The zero-order valence-electron chi connectivity index (χ0n) is 18.1. The third-order valence-electron chi connectivity index (χ3n) is 5.94. The van der Waals surface area contributed by atoms with E-state index in [1.165, 1.54) is 18.6 Å². The van der Waals surface area contributed by atoms with Gasteiger partial charge in [0.2, 0.25) is 21.8 Å². The highest BCUT2D eigenvalue weighted by Gasteiger charge is 2.38. The molecule has 172 valence electrons. The second kappa shape index (κ2) is 11.1. The lowest BCUT2D eigenvalue weighted by molar-refractivity contribution is -0.130. The van der Waals surface area contributed by atoms with Crippen molar-refractivity contribution in [2.24, 2.45) is 5.92 Å². The molecule has 2 N–H and O–H groups in total. The van der Waals surface area contributed by atoms with E-state index in [-0.39, 0.29) is 35.1 Å². The summed E-state index contributed by atoms with van der Waals surface area (Å²) in [5, 5.41) is 2.82. The minimum absolute atomic E-state index is 0.0592. The molecule has 0 bridgehead atoms. The molecule has 2 fully saturated rings. The maximum atomic E-state index is 12.7. The first kappa shape index (κ1) is 23.7. The van der Waals surface area contributed by atoms with Gasteiger partial charge in [0.25, 0.3) is 0 Å². The van der Waals surface area contributed by atoms with Gasteiger partial charge in [-0.05, 0) is 50.5 Å². The maximum absolute atomic E-state index is 12.7. The molecular weight excluding hydrogens is 418 g/mol. The summed E-state index contributed by atoms with van der Waals surface area (Å²) >= 11 is 0. The largest absolute Gasteiger partial charge is 0.382 e. The number of rotatable bonds is 10. The monoisotopic (exact) mass is 451 g/mol. The van der Waals surface area contributed by atoms with Crippen LogP contribution in [-0.2, 0) is 24.3 Å². The molecule has 1 saturated heterocycles. The molecule has 1 heterocycles. The van der Waals surface area contributed by atoms with Crippen molar-refractivity contribution in [3.05, 3.63) is 24.3 Å². The van der Waals surface area contributed by atoms with Crippen LogP contribution in [0.4, 0.5) is 5.69 Å². The smallest absolute Gasteiger partial charge is 0.240 e. The Labute approximate surface area is 184 Å². The topological polar surface area (TPSA) is 105 Å². The fraction of sp³-hybridized carbons (Fsp3) is 0.636. The summed E-state index contributed by atoms with van der Waals surface area (Å²) in [5.41, 5.74) is 0.517. The van der Waals surface area contributed by atoms with E-state index in [1.807, 2.05) is 11.8 Å². The highest BCUT2D eigenvalue weighted by Crippen LogP contribution is 2.29. The molecule has 1 aliphatic carbocycles. The van der Waals surface area contributed by atoms with Crippen LogP contribution in [0.2, 0.25) is 0 Å². The van der Waals surface area contributed by atoms with Crippen LogP contribution in [-0.4, -0.2) is 57.5 Å². The van der Waals surface area contributed by atoms with E-state index in [0.717, 1.165) is 25.7 Å². The van der Waals surface area contributed by atoms with E-state index in [4.69, 9.17) is 4.74 Å². The van der Waals surface area contributed by atoms with Gasteiger partial charge in [-0.3, -0.25) is 9.59 Å². The van der Waals surface area contributed by atoms with Gasteiger partial charge >= 0.3 is 0 Å². The quantitative estimate of drug-likeness (QED) is 0.532. The highest BCUT2D eigenvalue weighted by molar-refractivity contribution is 7.89. The zero-order valence-corrected chi connectivity index (χ0v) is 19.0. The van der Waals surface area contributed by atoms with E-state index in [9.17, 15) is 18.0 Å². The molecule has 1 aromatic carbocycles. The molecule has 1 aliphatic heterocycles. The number of hydrogen-bond acceptors (Lipinski definition) is 5. The van der Waals surface area contributed by atoms with Gasteiger partial charge in [0.1, 0.15) is 0 Å². The number of anilines is 1. The first-order valence-corrected chi connectivity index (χ1v) is 12.7. The van der Waals surface area contributed by atoms with Crippen LogP contribution < -0.4 is 10.0 Å². The molecule has 0 unspecified atom stereocenters. The Bertz CT molecular complexity index is 850. The van der Waals surface area contributed by atoms with Gasteiger partial charge in [-0.15, -0.1) is 0 Å². The molecule has 3 rings (SSSR count). The molecule has 2 amide bonds. The molecule has 2 aliphatic rings. The molecule has 0 radical (unpaired) electrons. The van der Waals surface area contributed by atoms with E-state index in [1.54, 1.807) is 12.1 Å². The molecule has 0 spiro atoms. The van der Waals surface area contributed by atoms with E-state index in [2.05, 4.69) is 10.0 Å². The second-order valence-corrected chi connectivity index (χ2v) is 9.97. The predicted molar refractivity (Wildman–Crippen MR) is 118 cm³/mol. The Hall–Kier alpha value is -1.97. The number of carbonyl (C=O) groups excluding carboxylic acids is 2. The lowest BCUT2D eigenvalue weighted by Gasteiger charge is -2.31. The Morgan fingerprint density at radius 2 is 1.87 bits per heavy atom. The van der Waals surface area contributed by atoms with Crippen molar-refractivity contribution < 1.29 is 22.7 Å². The van der Waals surface area contributed by atoms with Gasteiger partial charge in [-0.2, -0.15) is 0 Å². The summed E-state index contributed by atoms with van der Waals surface area (Å²) in [7, 11) is -3.60. The number of carbonyl (C=O) groups is 2. The third kappa shape index (κ3) is 6.51. The SMILES string of the molecule is CCOCCCNS(=O)(=O)c1ccc(NC(=O)[C@H]2CC(=O)N(C3CCCCC3)C2)cc1. The van der Waals surface area contributed by atoms with E-state index in [0.29, 0.717) is 38.4 Å². The summed E-state index contributed by atoms with van der Waals surface area (Å²) in [6, 6.07) is 6.35. The first-order chi connectivity index (χ1) is 14.9. The molecule has 0 aromatic heterocycles. The van der Waals surface area contributed by atoms with Crippen LogP contribution in [0.1, 0.15) is 51.9 Å². The van der Waals surface area contributed by atoms with Gasteiger partial charge in [0, 0.05) is 44.5 Å². The number of nitrogens with zero attached hydrogens (tertiary/aromatic N) is 1. The van der Waals surface area contributed by atoms with Gasteiger partial charge in [-0.25, -0.2) is 13.1 Å². The third-order valence-corrected chi connectivity index (χ3v) is 7.42. The predicted octanol–water partition coefficient (Wildman–Crippen LogP) is 2.51. The second-order valence-electron chi connectivity index (χ2n) is 8.20. The summed E-state index contributed by atoms with van der Waals surface area (Å²) < 4.78 is 32.4. The number of hydrogen-bond donors (Lipinski definition) is 2. The number of likely N-dealkylation sites (tertiary alicyclic amines) is 1. The van der Waals surface area contributed by atoms with Crippen LogP contribution in [0.15, 0.2) is 29.2 Å². The summed E-state index contributed by atoms with van der Waals surface area (Å²) in [6.45, 7) is 3.77. The van der Waals surface area contributed by atoms with Crippen molar-refractivity contribution in [2.75, 3.05) is 31.6 Å². The summed E-state index contributed by atoms with van der Waals surface area (Å²) in [5.74, 6) is -0.509. The zero-order chi connectivity index (χ0) is 22.3. The van der Waals surface area contributed by atoms with Crippen LogP contribution in [0, 0.1) is 5.92 Å². The number of sulfonamides is 1. The fourth-order valence-corrected chi connectivity index (χ4v) is 5.30. The lowest BCUT2D eigenvalue weighted by Crippen LogP contribution is -2.38. The Balaban J connectivity index is 1.51. The molecule has 9 heteroatoms. The van der Waals surface area contributed by atoms with Crippen LogP contribution >= 0.6 is 0 Å². The normalized spacial score (nSPS) is 20.2. The molecule has 1 atom stereocenters. The number of amides is 2. The molecule has 31 heavy (non-hydrogen) atoms. The van der Waals surface area contributed by atoms with E-state index >= 15 is 0 Å². The maximum Gasteiger partial charge on any atom is 0.240 e. The first-order valence-electron chi connectivity index (χ1n) is 11.2. The molecule has 1 aromatic rings. The average molecular weight is 452 g/mol. The average Bonchev–Trinajstić information content (AvgIpc) is 3.16. The minimum Gasteiger partial charge on any atom is -0.382 e. The highest BCUT2D eigenvalue weighted by atomic mass is 32.2. The molecule has 1 saturated carbocycles. The van der Waals surface area contributed by atoms with Gasteiger partial charge in [0.05, 0.1) is 10.8 Å². The molecular formula is C22H33N3O5S. The van der Waals surface area contributed by atoms with Gasteiger partial charge < -0.3 is 15.0 Å². The Morgan fingerprint density at radius 3 is 2.55 bits per heavy atom. The Kier molecular flexibility index (Phi) is 8.45. The number of nitrogens with one attached hydrogen (secondary N) is 2. The van der Waals surface area contributed by atoms with Crippen molar-refractivity contribution >= 4 is 27.5 Å². The van der Waals surface area contributed by atoms with Gasteiger partial charge in [-0.1, -0.05) is 19.3 Å². The van der Waals surface area contributed by atoms with Gasteiger partial charge in [0.15, 0.2) is 0 Å². The Morgan fingerprint density at radius 1 is 1.16 bits per heavy atom. The van der Waals surface area contributed by atoms with Crippen LogP contribution in [0.25, 0.3) is 0 Å². The van der Waals surface area contributed by atoms with Crippen molar-refractivity contribution in [2.45, 2.75) is 62.8 Å². The van der Waals surface area contributed by atoms with Crippen molar-refractivity contribution in [3.8, 4) is 0 Å². The van der Waals surface area contributed by atoms with Crippen LogP contribution in [0.3, 0.4) is 0 Å². The number of ether oxygens (including phenoxy) is 1. The number of benzene rings is 1. The minimum atomic E-state index is -3.60. The fourth-order valence-electron chi connectivity index (χ4n) is 4.22. The van der Waals surface area contributed by atoms with Crippen LogP contribution in [0.5, 0.6) is 0 Å². The molecule has 8 nitrogen and oxygen atoms in total. The summed E-state index contributed by atoms with van der Waals surface area (Å²) in [6.07, 6.45) is 6.38.